The van der Waals surface area contributed by atoms with Gasteiger partial charge in [0, 0.05) is 33.4 Å². The fraction of sp³-hybridized carbons (Fsp3) is 0.118. The van der Waals surface area contributed by atoms with Gasteiger partial charge in [0.2, 0.25) is 0 Å². The number of amides is 2. The molecule has 25 heavy (non-hydrogen) atoms. The minimum absolute atomic E-state index is 0.198. The standard InChI is InChI=1S/C17H15N5O2S/c1-11-16(19-7-6-18-11)17(24)20-9-15(23)22-21-8-12-10-25-14-5-3-2-4-13(12)14/h2-8,10H,9H2,1H3,(H,20,24)(H,22,23). The second-order valence-electron chi connectivity index (χ2n) is 5.15. The minimum Gasteiger partial charge on any atom is -0.342 e. The number of nitrogens with one attached hydrogen (secondary N) is 2. The maximum Gasteiger partial charge on any atom is 0.272 e. The van der Waals surface area contributed by atoms with E-state index in [1.807, 2.05) is 29.6 Å². The highest BCUT2D eigenvalue weighted by Crippen LogP contribution is 2.23. The van der Waals surface area contributed by atoms with E-state index in [9.17, 15) is 9.59 Å². The molecule has 2 heterocycles. The van der Waals surface area contributed by atoms with Gasteiger partial charge in [-0.1, -0.05) is 18.2 Å². The van der Waals surface area contributed by atoms with Crippen molar-refractivity contribution in [1.82, 2.24) is 20.7 Å². The maximum absolute atomic E-state index is 11.9. The quantitative estimate of drug-likeness (QED) is 0.541. The van der Waals surface area contributed by atoms with E-state index in [-0.39, 0.29) is 12.2 Å². The molecule has 0 bridgehead atoms. The molecule has 7 nitrogen and oxygen atoms in total. The number of nitrogens with zero attached hydrogens (tertiary/aromatic N) is 3. The molecule has 2 aromatic heterocycles. The van der Waals surface area contributed by atoms with Gasteiger partial charge in [-0.2, -0.15) is 5.10 Å². The van der Waals surface area contributed by atoms with Crippen LogP contribution in [0.1, 0.15) is 21.7 Å². The van der Waals surface area contributed by atoms with E-state index in [1.165, 1.54) is 12.4 Å². The van der Waals surface area contributed by atoms with Crippen molar-refractivity contribution in [3.63, 3.8) is 0 Å². The van der Waals surface area contributed by atoms with Gasteiger partial charge in [0.15, 0.2) is 0 Å². The lowest BCUT2D eigenvalue weighted by molar-refractivity contribution is -0.120. The van der Waals surface area contributed by atoms with E-state index < -0.39 is 11.8 Å². The third-order valence-electron chi connectivity index (χ3n) is 3.41. The van der Waals surface area contributed by atoms with Crippen molar-refractivity contribution in [3.05, 3.63) is 59.0 Å². The molecule has 0 atom stereocenters. The first-order chi connectivity index (χ1) is 12.1. The van der Waals surface area contributed by atoms with Crippen molar-refractivity contribution in [2.75, 3.05) is 6.54 Å². The second-order valence-corrected chi connectivity index (χ2v) is 6.06. The van der Waals surface area contributed by atoms with Crippen LogP contribution in [-0.2, 0) is 4.79 Å². The third kappa shape index (κ3) is 4.04. The molecule has 3 rings (SSSR count). The molecule has 0 aliphatic heterocycles. The Labute approximate surface area is 147 Å². The summed E-state index contributed by atoms with van der Waals surface area (Å²) < 4.78 is 1.15. The zero-order chi connectivity index (χ0) is 17.6. The molecule has 0 aliphatic rings. The topological polar surface area (TPSA) is 96.3 Å². The first-order valence-corrected chi connectivity index (χ1v) is 8.37. The van der Waals surface area contributed by atoms with Gasteiger partial charge in [-0.25, -0.2) is 10.4 Å². The number of carbonyl (C=O) groups is 2. The molecule has 126 valence electrons. The number of fused-ring (bicyclic) bond motifs is 1. The normalized spacial score (nSPS) is 10.9. The van der Waals surface area contributed by atoms with Crippen LogP contribution in [0, 0.1) is 6.92 Å². The lowest BCUT2D eigenvalue weighted by Gasteiger charge is -2.04. The molecule has 0 unspecified atom stereocenters. The van der Waals surface area contributed by atoms with Gasteiger partial charge in [0.05, 0.1) is 18.5 Å². The molecule has 0 saturated carbocycles. The van der Waals surface area contributed by atoms with Crippen LogP contribution in [0.25, 0.3) is 10.1 Å². The van der Waals surface area contributed by atoms with Crippen LogP contribution in [0.4, 0.5) is 0 Å². The van der Waals surface area contributed by atoms with Crippen molar-refractivity contribution < 1.29 is 9.59 Å². The Balaban J connectivity index is 1.53. The van der Waals surface area contributed by atoms with Crippen LogP contribution in [0.2, 0.25) is 0 Å². The molecule has 0 saturated heterocycles. The number of aromatic nitrogens is 2. The summed E-state index contributed by atoms with van der Waals surface area (Å²) in [6, 6.07) is 7.95. The predicted molar refractivity (Wildman–Crippen MR) is 96.7 cm³/mol. The Kier molecular flexibility index (Phi) is 5.10. The Bertz CT molecular complexity index is 951. The summed E-state index contributed by atoms with van der Waals surface area (Å²) in [6.07, 6.45) is 4.52. The highest BCUT2D eigenvalue weighted by Gasteiger charge is 2.12. The maximum atomic E-state index is 11.9. The third-order valence-corrected chi connectivity index (χ3v) is 4.39. The molecule has 0 spiro atoms. The van der Waals surface area contributed by atoms with E-state index >= 15 is 0 Å². The summed E-state index contributed by atoms with van der Waals surface area (Å²) in [5, 5.41) is 9.47. The Morgan fingerprint density at radius 1 is 1.24 bits per heavy atom. The van der Waals surface area contributed by atoms with Crippen molar-refractivity contribution in [2.45, 2.75) is 6.92 Å². The summed E-state index contributed by atoms with van der Waals surface area (Å²) in [5.74, 6) is -0.876. The molecule has 0 fully saturated rings. The van der Waals surface area contributed by atoms with E-state index in [1.54, 1.807) is 24.5 Å². The first-order valence-electron chi connectivity index (χ1n) is 7.49. The number of carbonyl (C=O) groups excluding carboxylic acids is 2. The molecule has 8 heteroatoms. The number of thiophene rings is 1. The summed E-state index contributed by atoms with van der Waals surface area (Å²) >= 11 is 1.61. The van der Waals surface area contributed by atoms with Crippen LogP contribution >= 0.6 is 11.3 Å². The summed E-state index contributed by atoms with van der Waals surface area (Å²) in [6.45, 7) is 1.48. The average molecular weight is 353 g/mol. The Morgan fingerprint density at radius 2 is 2.04 bits per heavy atom. The zero-order valence-electron chi connectivity index (χ0n) is 13.4. The molecule has 2 amide bonds. The average Bonchev–Trinajstić information content (AvgIpc) is 3.03. The molecular formula is C17H15N5O2S. The van der Waals surface area contributed by atoms with E-state index in [2.05, 4.69) is 25.8 Å². The molecule has 0 radical (unpaired) electrons. The number of hydrazone groups is 1. The van der Waals surface area contributed by atoms with Gasteiger partial charge in [-0.3, -0.25) is 14.6 Å². The van der Waals surface area contributed by atoms with Gasteiger partial charge in [-0.15, -0.1) is 11.3 Å². The Morgan fingerprint density at radius 3 is 2.88 bits per heavy atom. The number of hydrogen-bond donors (Lipinski definition) is 2. The highest BCUT2D eigenvalue weighted by atomic mass is 32.1. The highest BCUT2D eigenvalue weighted by molar-refractivity contribution is 7.17. The van der Waals surface area contributed by atoms with Crippen LogP contribution in [0.5, 0.6) is 0 Å². The van der Waals surface area contributed by atoms with Gasteiger partial charge in [0.25, 0.3) is 11.8 Å². The van der Waals surface area contributed by atoms with Crippen LogP contribution in [-0.4, -0.2) is 34.5 Å². The van der Waals surface area contributed by atoms with Crippen molar-refractivity contribution >= 4 is 39.5 Å². The number of hydrogen-bond acceptors (Lipinski definition) is 6. The SMILES string of the molecule is Cc1nccnc1C(=O)NCC(=O)NN=Cc1csc2ccccc12. The number of aryl methyl sites for hydroxylation is 1. The lowest BCUT2D eigenvalue weighted by Crippen LogP contribution is -2.35. The van der Waals surface area contributed by atoms with Crippen LogP contribution < -0.4 is 10.7 Å². The van der Waals surface area contributed by atoms with Crippen LogP contribution in [0.3, 0.4) is 0 Å². The van der Waals surface area contributed by atoms with Gasteiger partial charge < -0.3 is 5.32 Å². The van der Waals surface area contributed by atoms with Crippen molar-refractivity contribution in [1.29, 1.82) is 0 Å². The van der Waals surface area contributed by atoms with E-state index in [0.717, 1.165) is 15.6 Å². The van der Waals surface area contributed by atoms with E-state index in [4.69, 9.17) is 0 Å². The smallest absolute Gasteiger partial charge is 0.272 e. The Hall–Kier alpha value is -3.13. The van der Waals surface area contributed by atoms with E-state index in [0.29, 0.717) is 5.69 Å². The second kappa shape index (κ2) is 7.63. The van der Waals surface area contributed by atoms with Gasteiger partial charge in [0.1, 0.15) is 5.69 Å². The predicted octanol–water partition coefficient (Wildman–Crippen LogP) is 1.88. The number of benzene rings is 1. The lowest BCUT2D eigenvalue weighted by atomic mass is 10.2. The van der Waals surface area contributed by atoms with Crippen molar-refractivity contribution in [3.8, 4) is 0 Å². The molecular weight excluding hydrogens is 338 g/mol. The fourth-order valence-corrected chi connectivity index (χ4v) is 3.10. The number of rotatable bonds is 5. The summed E-state index contributed by atoms with van der Waals surface area (Å²) in [7, 11) is 0. The molecule has 0 aliphatic carbocycles. The molecule has 3 aromatic rings. The zero-order valence-corrected chi connectivity index (χ0v) is 14.2. The molecule has 2 N–H and O–H groups in total. The summed E-state index contributed by atoms with van der Waals surface area (Å²) in [4.78, 5) is 31.7. The largest absolute Gasteiger partial charge is 0.342 e. The first kappa shape index (κ1) is 16.7. The fourth-order valence-electron chi connectivity index (χ4n) is 2.19. The van der Waals surface area contributed by atoms with Gasteiger partial charge >= 0.3 is 0 Å². The monoisotopic (exact) mass is 353 g/mol. The van der Waals surface area contributed by atoms with Crippen molar-refractivity contribution in [2.24, 2.45) is 5.10 Å². The van der Waals surface area contributed by atoms with Gasteiger partial charge in [-0.05, 0) is 13.0 Å². The summed E-state index contributed by atoms with van der Waals surface area (Å²) in [5.41, 5.74) is 4.02. The minimum atomic E-state index is -0.450. The molecule has 1 aromatic carbocycles. The van der Waals surface area contributed by atoms with Crippen LogP contribution in [0.15, 0.2) is 47.1 Å².